The summed E-state index contributed by atoms with van der Waals surface area (Å²) in [6, 6.07) is 5.75. The highest BCUT2D eigenvalue weighted by atomic mass is 16.4. The van der Waals surface area contributed by atoms with Crippen molar-refractivity contribution in [2.24, 2.45) is 0 Å². The van der Waals surface area contributed by atoms with E-state index < -0.39 is 5.97 Å². The van der Waals surface area contributed by atoms with E-state index in [1.54, 1.807) is 12.1 Å². The maximum absolute atomic E-state index is 10.8. The molecule has 1 heterocycles. The number of anilines is 1. The molecule has 0 unspecified atom stereocenters. The van der Waals surface area contributed by atoms with Gasteiger partial charge in [-0.05, 0) is 31.5 Å². The number of carbonyl (C=O) groups is 1. The Hall–Kier alpha value is -1.62. The molecule has 0 atom stereocenters. The number of nitrogens with zero attached hydrogens (tertiary/aromatic N) is 2. The Kier molecular flexibility index (Phi) is 4.15. The topological polar surface area (TPSA) is 65.5 Å². The summed E-state index contributed by atoms with van der Waals surface area (Å²) in [6.07, 6.45) is 2.61. The number of nitrogens with one attached hydrogen (secondary N) is 1. The number of likely N-dealkylation sites (N-methyl/N-ethyl adjacent to an activating group) is 1. The van der Waals surface area contributed by atoms with Gasteiger partial charge in [-0.3, -0.25) is 4.90 Å². The Morgan fingerprint density at radius 3 is 2.94 bits per heavy atom. The Balaban J connectivity index is 1.82. The molecule has 1 saturated carbocycles. The van der Waals surface area contributed by atoms with Gasteiger partial charge in [-0.2, -0.15) is 0 Å². The molecular formula is C13H19N3O2. The van der Waals surface area contributed by atoms with Gasteiger partial charge in [0.15, 0.2) is 5.69 Å². The molecule has 2 N–H and O–H groups in total. The Morgan fingerprint density at radius 1 is 1.56 bits per heavy atom. The van der Waals surface area contributed by atoms with Crippen LogP contribution < -0.4 is 5.32 Å². The number of hydrogen-bond donors (Lipinski definition) is 2. The predicted molar refractivity (Wildman–Crippen MR) is 70.0 cm³/mol. The molecule has 0 radical (unpaired) electrons. The normalized spacial score (nSPS) is 14.8. The van der Waals surface area contributed by atoms with Crippen LogP contribution in [0.3, 0.4) is 0 Å². The van der Waals surface area contributed by atoms with E-state index in [4.69, 9.17) is 5.11 Å². The fourth-order valence-electron chi connectivity index (χ4n) is 2.02. The van der Waals surface area contributed by atoms with Crippen LogP contribution in [0.2, 0.25) is 0 Å². The lowest BCUT2D eigenvalue weighted by Gasteiger charge is -2.19. The van der Waals surface area contributed by atoms with Gasteiger partial charge in [-0.15, -0.1) is 0 Å². The summed E-state index contributed by atoms with van der Waals surface area (Å²) in [5, 5.41) is 12.0. The van der Waals surface area contributed by atoms with Crippen LogP contribution in [0, 0.1) is 0 Å². The van der Waals surface area contributed by atoms with E-state index in [0.29, 0.717) is 5.82 Å². The number of carboxylic acid groups (broad SMARTS) is 1. The summed E-state index contributed by atoms with van der Waals surface area (Å²) in [5.41, 5.74) is 0.0783. The van der Waals surface area contributed by atoms with Gasteiger partial charge in [0.05, 0.1) is 0 Å². The first-order chi connectivity index (χ1) is 8.70. The third kappa shape index (κ3) is 3.43. The van der Waals surface area contributed by atoms with Crippen molar-refractivity contribution in [1.29, 1.82) is 0 Å². The maximum atomic E-state index is 10.8. The maximum Gasteiger partial charge on any atom is 0.354 e. The summed E-state index contributed by atoms with van der Waals surface area (Å²) in [6.45, 7) is 5.00. The van der Waals surface area contributed by atoms with E-state index in [0.717, 1.165) is 25.7 Å². The first-order valence-electron chi connectivity index (χ1n) is 6.39. The van der Waals surface area contributed by atoms with Crippen LogP contribution in [0.4, 0.5) is 5.82 Å². The highest BCUT2D eigenvalue weighted by Crippen LogP contribution is 2.25. The van der Waals surface area contributed by atoms with E-state index in [1.165, 1.54) is 18.9 Å². The van der Waals surface area contributed by atoms with Crippen LogP contribution in [-0.2, 0) is 0 Å². The van der Waals surface area contributed by atoms with Crippen molar-refractivity contribution in [1.82, 2.24) is 9.88 Å². The van der Waals surface area contributed by atoms with Crippen LogP contribution in [0.5, 0.6) is 0 Å². The van der Waals surface area contributed by atoms with Crippen LogP contribution in [0.15, 0.2) is 18.2 Å². The lowest BCUT2D eigenvalue weighted by Crippen LogP contribution is -2.31. The molecule has 5 nitrogen and oxygen atoms in total. The molecule has 0 bridgehead atoms. The molecule has 0 aliphatic heterocycles. The zero-order valence-electron chi connectivity index (χ0n) is 10.6. The summed E-state index contributed by atoms with van der Waals surface area (Å²) < 4.78 is 0. The molecule has 0 aromatic carbocycles. The van der Waals surface area contributed by atoms with Gasteiger partial charge in [-0.1, -0.05) is 13.0 Å². The van der Waals surface area contributed by atoms with Gasteiger partial charge in [-0.25, -0.2) is 9.78 Å². The number of aromatic carboxylic acids is 1. The molecule has 1 fully saturated rings. The number of rotatable bonds is 7. The second-order valence-corrected chi connectivity index (χ2v) is 4.50. The minimum atomic E-state index is -0.994. The van der Waals surface area contributed by atoms with E-state index >= 15 is 0 Å². The smallest absolute Gasteiger partial charge is 0.354 e. The average Bonchev–Trinajstić information content (AvgIpc) is 3.19. The number of aromatic nitrogens is 1. The van der Waals surface area contributed by atoms with Crippen LogP contribution >= 0.6 is 0 Å². The summed E-state index contributed by atoms with van der Waals surface area (Å²) in [5.74, 6) is -0.367. The Bertz CT molecular complexity index is 418. The number of pyridine rings is 1. The predicted octanol–water partition coefficient (Wildman–Crippen LogP) is 1.68. The lowest BCUT2D eigenvalue weighted by atomic mass is 10.3. The van der Waals surface area contributed by atoms with E-state index in [9.17, 15) is 4.79 Å². The minimum Gasteiger partial charge on any atom is -0.477 e. The van der Waals surface area contributed by atoms with Gasteiger partial charge < -0.3 is 10.4 Å². The van der Waals surface area contributed by atoms with Crippen molar-refractivity contribution in [3.05, 3.63) is 23.9 Å². The zero-order valence-corrected chi connectivity index (χ0v) is 10.6. The summed E-state index contributed by atoms with van der Waals surface area (Å²) >= 11 is 0. The van der Waals surface area contributed by atoms with Crippen LogP contribution in [0.25, 0.3) is 0 Å². The molecule has 98 valence electrons. The number of hydrogen-bond acceptors (Lipinski definition) is 4. The quantitative estimate of drug-likeness (QED) is 0.769. The molecule has 1 aliphatic carbocycles. The lowest BCUT2D eigenvalue weighted by molar-refractivity contribution is 0.0690. The Morgan fingerprint density at radius 2 is 2.33 bits per heavy atom. The van der Waals surface area contributed by atoms with E-state index in [1.807, 2.05) is 0 Å². The summed E-state index contributed by atoms with van der Waals surface area (Å²) in [7, 11) is 0. The molecule has 0 saturated heterocycles. The Labute approximate surface area is 107 Å². The van der Waals surface area contributed by atoms with Gasteiger partial charge >= 0.3 is 5.97 Å². The van der Waals surface area contributed by atoms with Crippen molar-refractivity contribution in [3.63, 3.8) is 0 Å². The average molecular weight is 249 g/mol. The SMILES string of the molecule is CCN(CCNc1cccc(C(=O)O)n1)C1CC1. The first kappa shape index (κ1) is 12.8. The zero-order chi connectivity index (χ0) is 13.0. The van der Waals surface area contributed by atoms with E-state index in [2.05, 4.69) is 22.1 Å². The first-order valence-corrected chi connectivity index (χ1v) is 6.39. The van der Waals surface area contributed by atoms with Crippen LogP contribution in [-0.4, -0.2) is 46.6 Å². The molecule has 1 aromatic rings. The number of carboxylic acids is 1. The molecular weight excluding hydrogens is 230 g/mol. The molecule has 1 aromatic heterocycles. The van der Waals surface area contributed by atoms with E-state index in [-0.39, 0.29) is 5.69 Å². The second kappa shape index (κ2) is 5.82. The standard InChI is InChI=1S/C13H19N3O2/c1-2-16(10-6-7-10)9-8-14-12-5-3-4-11(15-12)13(17)18/h3-5,10H,2,6-9H2,1H3,(H,14,15)(H,17,18). The minimum absolute atomic E-state index is 0.0783. The highest BCUT2D eigenvalue weighted by Gasteiger charge is 2.27. The van der Waals surface area contributed by atoms with Crippen molar-refractivity contribution < 1.29 is 9.90 Å². The highest BCUT2D eigenvalue weighted by molar-refractivity contribution is 5.85. The van der Waals surface area contributed by atoms with Gasteiger partial charge in [0, 0.05) is 19.1 Å². The molecule has 2 rings (SSSR count). The fourth-order valence-corrected chi connectivity index (χ4v) is 2.02. The van der Waals surface area contributed by atoms with Gasteiger partial charge in [0.25, 0.3) is 0 Å². The van der Waals surface area contributed by atoms with Crippen molar-refractivity contribution in [2.45, 2.75) is 25.8 Å². The van der Waals surface area contributed by atoms with Gasteiger partial charge in [0.1, 0.15) is 5.82 Å². The largest absolute Gasteiger partial charge is 0.477 e. The van der Waals surface area contributed by atoms with Crippen LogP contribution in [0.1, 0.15) is 30.3 Å². The van der Waals surface area contributed by atoms with Crippen molar-refractivity contribution >= 4 is 11.8 Å². The fraction of sp³-hybridized carbons (Fsp3) is 0.538. The third-order valence-corrected chi connectivity index (χ3v) is 3.14. The molecule has 0 spiro atoms. The second-order valence-electron chi connectivity index (χ2n) is 4.50. The van der Waals surface area contributed by atoms with Crippen molar-refractivity contribution in [3.8, 4) is 0 Å². The molecule has 0 amide bonds. The molecule has 5 heteroatoms. The van der Waals surface area contributed by atoms with Crippen molar-refractivity contribution in [2.75, 3.05) is 25.0 Å². The third-order valence-electron chi connectivity index (χ3n) is 3.14. The monoisotopic (exact) mass is 249 g/mol. The molecule has 1 aliphatic rings. The molecule has 18 heavy (non-hydrogen) atoms. The van der Waals surface area contributed by atoms with Gasteiger partial charge in [0.2, 0.25) is 0 Å². The summed E-state index contributed by atoms with van der Waals surface area (Å²) in [4.78, 5) is 17.2.